The molecule has 2 aromatic heterocycles. The SMILES string of the molecule is CC1(C)CN(Cc2cc(-c3cccs3)on2)CC(CO)O1. The predicted molar refractivity (Wildman–Crippen MR) is 81.1 cm³/mol. The van der Waals surface area contributed by atoms with Crippen molar-refractivity contribution in [3.05, 3.63) is 29.3 Å². The molecule has 21 heavy (non-hydrogen) atoms. The second-order valence-corrected chi connectivity index (χ2v) is 6.96. The topological polar surface area (TPSA) is 58.7 Å². The van der Waals surface area contributed by atoms with Crippen molar-refractivity contribution >= 4 is 11.3 Å². The van der Waals surface area contributed by atoms with Crippen LogP contribution in [0, 0.1) is 0 Å². The van der Waals surface area contributed by atoms with E-state index in [1.54, 1.807) is 11.3 Å². The zero-order chi connectivity index (χ0) is 14.9. The van der Waals surface area contributed by atoms with Crippen molar-refractivity contribution in [3.8, 4) is 10.6 Å². The first kappa shape index (κ1) is 14.7. The van der Waals surface area contributed by atoms with Crippen molar-refractivity contribution in [2.45, 2.75) is 32.1 Å². The number of hydrogen-bond acceptors (Lipinski definition) is 6. The van der Waals surface area contributed by atoms with E-state index >= 15 is 0 Å². The van der Waals surface area contributed by atoms with E-state index in [4.69, 9.17) is 9.26 Å². The molecule has 3 heterocycles. The van der Waals surface area contributed by atoms with E-state index in [0.717, 1.165) is 22.9 Å². The Labute approximate surface area is 128 Å². The fourth-order valence-electron chi connectivity index (χ4n) is 2.78. The normalized spacial score (nSPS) is 22.5. The first-order chi connectivity index (χ1) is 10.1. The first-order valence-corrected chi connectivity index (χ1v) is 7.94. The Morgan fingerprint density at radius 1 is 1.52 bits per heavy atom. The van der Waals surface area contributed by atoms with E-state index in [9.17, 15) is 5.11 Å². The van der Waals surface area contributed by atoms with Crippen LogP contribution in [0.5, 0.6) is 0 Å². The summed E-state index contributed by atoms with van der Waals surface area (Å²) in [5.74, 6) is 0.811. The Bertz CT molecular complexity index is 580. The Morgan fingerprint density at radius 2 is 2.38 bits per heavy atom. The van der Waals surface area contributed by atoms with Gasteiger partial charge in [0.15, 0.2) is 5.76 Å². The minimum atomic E-state index is -0.258. The van der Waals surface area contributed by atoms with Gasteiger partial charge in [-0.2, -0.15) is 0 Å². The average molecular weight is 308 g/mol. The standard InChI is InChI=1S/C15H20N2O3S/c1-15(2)10-17(8-12(9-18)19-15)7-11-6-13(20-16-11)14-4-3-5-21-14/h3-6,12,18H,7-10H2,1-2H3. The molecular formula is C15H20N2O3S. The van der Waals surface area contributed by atoms with Gasteiger partial charge in [0, 0.05) is 25.7 Å². The zero-order valence-corrected chi connectivity index (χ0v) is 13.1. The molecule has 0 amide bonds. The third kappa shape index (κ3) is 3.52. The number of ether oxygens (including phenoxy) is 1. The van der Waals surface area contributed by atoms with Crippen LogP contribution in [0.2, 0.25) is 0 Å². The second kappa shape index (κ2) is 5.88. The molecule has 1 saturated heterocycles. The number of rotatable bonds is 4. The molecule has 1 N–H and O–H groups in total. The number of aliphatic hydroxyl groups is 1. The molecule has 1 atom stereocenters. The van der Waals surface area contributed by atoms with Gasteiger partial charge in [0.05, 0.1) is 28.9 Å². The molecule has 3 rings (SSSR count). The smallest absolute Gasteiger partial charge is 0.177 e. The number of aliphatic hydroxyl groups excluding tert-OH is 1. The van der Waals surface area contributed by atoms with E-state index in [0.29, 0.717) is 13.1 Å². The van der Waals surface area contributed by atoms with Gasteiger partial charge in [-0.1, -0.05) is 11.2 Å². The number of thiophene rings is 1. The van der Waals surface area contributed by atoms with Crippen LogP contribution in [0.1, 0.15) is 19.5 Å². The maximum atomic E-state index is 9.35. The fourth-order valence-corrected chi connectivity index (χ4v) is 3.46. The van der Waals surface area contributed by atoms with Gasteiger partial charge in [-0.25, -0.2) is 0 Å². The van der Waals surface area contributed by atoms with E-state index in [1.165, 1.54) is 0 Å². The maximum Gasteiger partial charge on any atom is 0.177 e. The highest BCUT2D eigenvalue weighted by atomic mass is 32.1. The molecule has 2 aromatic rings. The summed E-state index contributed by atoms with van der Waals surface area (Å²) in [6.07, 6.45) is -0.141. The molecule has 1 fully saturated rings. The van der Waals surface area contributed by atoms with Crippen molar-refractivity contribution in [2.75, 3.05) is 19.7 Å². The highest BCUT2D eigenvalue weighted by molar-refractivity contribution is 7.13. The van der Waals surface area contributed by atoms with Gasteiger partial charge in [-0.05, 0) is 25.3 Å². The van der Waals surface area contributed by atoms with Crippen molar-refractivity contribution < 1.29 is 14.4 Å². The van der Waals surface area contributed by atoms with Gasteiger partial charge in [0.2, 0.25) is 0 Å². The van der Waals surface area contributed by atoms with E-state index in [2.05, 4.69) is 10.1 Å². The minimum absolute atomic E-state index is 0.0409. The Hall–Kier alpha value is -1.21. The monoisotopic (exact) mass is 308 g/mol. The highest BCUT2D eigenvalue weighted by Gasteiger charge is 2.33. The Morgan fingerprint density at radius 3 is 3.10 bits per heavy atom. The van der Waals surface area contributed by atoms with E-state index < -0.39 is 0 Å². The third-order valence-electron chi connectivity index (χ3n) is 3.46. The van der Waals surface area contributed by atoms with Crippen molar-refractivity contribution in [2.24, 2.45) is 0 Å². The zero-order valence-electron chi connectivity index (χ0n) is 12.3. The Balaban J connectivity index is 1.68. The van der Waals surface area contributed by atoms with Crippen molar-refractivity contribution in [1.29, 1.82) is 0 Å². The third-order valence-corrected chi connectivity index (χ3v) is 4.35. The molecule has 1 unspecified atom stereocenters. The van der Waals surface area contributed by atoms with Gasteiger partial charge in [0.1, 0.15) is 0 Å². The minimum Gasteiger partial charge on any atom is -0.394 e. The Kier molecular flexibility index (Phi) is 4.12. The molecule has 1 aliphatic rings. The summed E-state index contributed by atoms with van der Waals surface area (Å²) in [5.41, 5.74) is 0.652. The van der Waals surface area contributed by atoms with Crippen LogP contribution >= 0.6 is 11.3 Å². The number of hydrogen-bond donors (Lipinski definition) is 1. The summed E-state index contributed by atoms with van der Waals surface area (Å²) in [6.45, 7) is 6.35. The summed E-state index contributed by atoms with van der Waals surface area (Å²) in [6, 6.07) is 6.01. The lowest BCUT2D eigenvalue weighted by Gasteiger charge is -2.42. The molecule has 5 nitrogen and oxygen atoms in total. The molecule has 0 aromatic carbocycles. The molecule has 0 radical (unpaired) electrons. The van der Waals surface area contributed by atoms with Crippen LogP contribution in [0.4, 0.5) is 0 Å². The lowest BCUT2D eigenvalue weighted by molar-refractivity contribution is -0.150. The van der Waals surface area contributed by atoms with Crippen LogP contribution in [0.3, 0.4) is 0 Å². The summed E-state index contributed by atoms with van der Waals surface area (Å²) >= 11 is 1.64. The van der Waals surface area contributed by atoms with Gasteiger partial charge in [0.25, 0.3) is 0 Å². The molecule has 0 aliphatic carbocycles. The van der Waals surface area contributed by atoms with Crippen LogP contribution in [-0.4, -0.2) is 46.6 Å². The van der Waals surface area contributed by atoms with Crippen LogP contribution in [0.15, 0.2) is 28.1 Å². The molecule has 6 heteroatoms. The molecule has 0 saturated carbocycles. The number of aromatic nitrogens is 1. The molecule has 0 spiro atoms. The van der Waals surface area contributed by atoms with Crippen molar-refractivity contribution in [1.82, 2.24) is 10.1 Å². The molecule has 0 bridgehead atoms. The summed E-state index contributed by atoms with van der Waals surface area (Å²) in [7, 11) is 0. The predicted octanol–water partition coefficient (Wildman–Crippen LogP) is 2.37. The summed E-state index contributed by atoms with van der Waals surface area (Å²) in [4.78, 5) is 3.34. The first-order valence-electron chi connectivity index (χ1n) is 7.06. The molecule has 114 valence electrons. The maximum absolute atomic E-state index is 9.35. The lowest BCUT2D eigenvalue weighted by atomic mass is 10.1. The van der Waals surface area contributed by atoms with Crippen LogP contribution < -0.4 is 0 Å². The van der Waals surface area contributed by atoms with Crippen LogP contribution in [0.25, 0.3) is 10.6 Å². The lowest BCUT2D eigenvalue weighted by Crippen LogP contribution is -2.53. The van der Waals surface area contributed by atoms with Crippen LogP contribution in [-0.2, 0) is 11.3 Å². The fraction of sp³-hybridized carbons (Fsp3) is 0.533. The van der Waals surface area contributed by atoms with Gasteiger partial charge < -0.3 is 14.4 Å². The van der Waals surface area contributed by atoms with E-state index in [-0.39, 0.29) is 18.3 Å². The number of morpholine rings is 1. The highest BCUT2D eigenvalue weighted by Crippen LogP contribution is 2.27. The van der Waals surface area contributed by atoms with Crippen molar-refractivity contribution in [3.63, 3.8) is 0 Å². The summed E-state index contributed by atoms with van der Waals surface area (Å²) in [5, 5.41) is 15.5. The largest absolute Gasteiger partial charge is 0.394 e. The van der Waals surface area contributed by atoms with E-state index in [1.807, 2.05) is 37.4 Å². The molecule has 1 aliphatic heterocycles. The van der Waals surface area contributed by atoms with Gasteiger partial charge in [-0.3, -0.25) is 4.90 Å². The quantitative estimate of drug-likeness (QED) is 0.939. The summed E-state index contributed by atoms with van der Waals surface area (Å²) < 4.78 is 11.2. The average Bonchev–Trinajstić information content (AvgIpc) is 3.06. The second-order valence-electron chi connectivity index (χ2n) is 6.01. The number of nitrogens with zero attached hydrogens (tertiary/aromatic N) is 2. The molecular weight excluding hydrogens is 288 g/mol. The van der Waals surface area contributed by atoms with Gasteiger partial charge >= 0.3 is 0 Å². The van der Waals surface area contributed by atoms with Gasteiger partial charge in [-0.15, -0.1) is 11.3 Å².